The molecule has 2 aliphatic rings. The number of rotatable bonds is 1. The first-order valence-corrected chi connectivity index (χ1v) is 4.03. The lowest BCUT2D eigenvalue weighted by Crippen LogP contribution is -2.26. The molecule has 1 N–H and O–H groups in total. The van der Waals surface area contributed by atoms with Crippen LogP contribution in [0.3, 0.4) is 0 Å². The lowest BCUT2D eigenvalue weighted by atomic mass is 10.0. The van der Waals surface area contributed by atoms with Crippen molar-refractivity contribution < 1.29 is 4.39 Å². The topological polar surface area (TPSA) is 12.0 Å². The number of hydrogen-bond acceptors (Lipinski definition) is 1. The van der Waals surface area contributed by atoms with E-state index < -0.39 is 5.67 Å². The second-order valence-corrected chi connectivity index (χ2v) is 4.02. The average Bonchev–Trinajstić information content (AvgIpc) is 2.30. The van der Waals surface area contributed by atoms with E-state index in [2.05, 4.69) is 5.32 Å². The van der Waals surface area contributed by atoms with Crippen LogP contribution in [-0.4, -0.2) is 18.3 Å². The molecule has 58 valence electrons. The normalized spacial score (nSPS) is 45.3. The van der Waals surface area contributed by atoms with E-state index in [0.29, 0.717) is 17.9 Å². The highest BCUT2D eigenvalue weighted by Gasteiger charge is 2.59. The summed E-state index contributed by atoms with van der Waals surface area (Å²) in [5, 5.41) is 3.31. The summed E-state index contributed by atoms with van der Waals surface area (Å²) in [6.07, 6.45) is 1.18. The van der Waals surface area contributed by atoms with Crippen LogP contribution in [0.2, 0.25) is 0 Å². The van der Waals surface area contributed by atoms with E-state index in [-0.39, 0.29) is 0 Å². The highest BCUT2D eigenvalue weighted by molar-refractivity contribution is 5.13. The van der Waals surface area contributed by atoms with E-state index in [4.69, 9.17) is 0 Å². The van der Waals surface area contributed by atoms with E-state index in [1.54, 1.807) is 13.8 Å². The Hall–Kier alpha value is -0.110. The van der Waals surface area contributed by atoms with Gasteiger partial charge in [0.2, 0.25) is 0 Å². The number of alkyl halides is 1. The number of nitrogens with one attached hydrogen (secondary N) is 1. The maximum Gasteiger partial charge on any atom is 0.110 e. The van der Waals surface area contributed by atoms with Crippen LogP contribution in [0.4, 0.5) is 4.39 Å². The lowest BCUT2D eigenvalue weighted by Gasteiger charge is -2.15. The first-order chi connectivity index (χ1) is 4.61. The summed E-state index contributed by atoms with van der Waals surface area (Å²) >= 11 is 0. The molecule has 0 spiro atoms. The van der Waals surface area contributed by atoms with E-state index in [1.807, 2.05) is 0 Å². The van der Waals surface area contributed by atoms with Crippen molar-refractivity contribution in [3.05, 3.63) is 0 Å². The molecule has 1 heterocycles. The summed E-state index contributed by atoms with van der Waals surface area (Å²) in [7, 11) is 0. The molecule has 3 atom stereocenters. The smallest absolute Gasteiger partial charge is 0.110 e. The van der Waals surface area contributed by atoms with Gasteiger partial charge in [-0.1, -0.05) is 0 Å². The molecule has 1 saturated heterocycles. The zero-order valence-corrected chi connectivity index (χ0v) is 6.52. The third-order valence-corrected chi connectivity index (χ3v) is 2.82. The standard InChI is InChI=1S/C8H14FN/c1-8(2,9)6-5-3-4-10-7(5)6/h5-7,10H,3-4H2,1-2H3. The molecule has 0 bridgehead atoms. The van der Waals surface area contributed by atoms with Gasteiger partial charge in [0.25, 0.3) is 0 Å². The molecule has 2 rings (SSSR count). The SMILES string of the molecule is CC(C)(F)C1C2CCNC21. The van der Waals surface area contributed by atoms with Crippen molar-refractivity contribution in [2.75, 3.05) is 6.54 Å². The van der Waals surface area contributed by atoms with Crippen LogP contribution < -0.4 is 5.32 Å². The van der Waals surface area contributed by atoms with Crippen LogP contribution in [0.25, 0.3) is 0 Å². The number of piperidine rings is 1. The van der Waals surface area contributed by atoms with Gasteiger partial charge in [0.1, 0.15) is 5.67 Å². The Labute approximate surface area is 61.0 Å². The van der Waals surface area contributed by atoms with E-state index >= 15 is 0 Å². The van der Waals surface area contributed by atoms with Crippen LogP contribution in [0.15, 0.2) is 0 Å². The fraction of sp³-hybridized carbons (Fsp3) is 1.00. The van der Waals surface area contributed by atoms with Crippen molar-refractivity contribution in [3.8, 4) is 0 Å². The Kier molecular flexibility index (Phi) is 1.14. The third-order valence-electron chi connectivity index (χ3n) is 2.82. The molecule has 0 aromatic carbocycles. The van der Waals surface area contributed by atoms with Gasteiger partial charge in [-0.25, -0.2) is 4.39 Å². The fourth-order valence-corrected chi connectivity index (χ4v) is 2.36. The highest BCUT2D eigenvalue weighted by atomic mass is 19.1. The Morgan fingerprint density at radius 3 is 2.50 bits per heavy atom. The van der Waals surface area contributed by atoms with Gasteiger partial charge in [-0.15, -0.1) is 0 Å². The third kappa shape index (κ3) is 0.782. The predicted molar refractivity (Wildman–Crippen MR) is 38.6 cm³/mol. The van der Waals surface area contributed by atoms with Crippen LogP contribution in [-0.2, 0) is 0 Å². The average molecular weight is 143 g/mol. The van der Waals surface area contributed by atoms with Crippen molar-refractivity contribution in [2.45, 2.75) is 32.0 Å². The quantitative estimate of drug-likeness (QED) is 0.584. The zero-order chi connectivity index (χ0) is 7.35. The van der Waals surface area contributed by atoms with Crippen molar-refractivity contribution in [3.63, 3.8) is 0 Å². The summed E-state index contributed by atoms with van der Waals surface area (Å²) in [4.78, 5) is 0. The van der Waals surface area contributed by atoms with Gasteiger partial charge in [0, 0.05) is 12.0 Å². The minimum Gasteiger partial charge on any atom is -0.313 e. The molecule has 10 heavy (non-hydrogen) atoms. The molecule has 1 nitrogen and oxygen atoms in total. The van der Waals surface area contributed by atoms with Gasteiger partial charge in [-0.3, -0.25) is 0 Å². The van der Waals surface area contributed by atoms with Crippen LogP contribution in [0.1, 0.15) is 20.3 Å². The largest absolute Gasteiger partial charge is 0.313 e. The predicted octanol–water partition coefficient (Wildman–Crippen LogP) is 1.34. The number of hydrogen-bond donors (Lipinski definition) is 1. The van der Waals surface area contributed by atoms with Crippen LogP contribution >= 0.6 is 0 Å². The maximum absolute atomic E-state index is 13.3. The first-order valence-electron chi connectivity index (χ1n) is 4.03. The summed E-state index contributed by atoms with van der Waals surface area (Å²) in [5.41, 5.74) is -0.956. The van der Waals surface area contributed by atoms with Gasteiger partial charge < -0.3 is 5.32 Å². The molecule has 3 unspecified atom stereocenters. The van der Waals surface area contributed by atoms with E-state index in [9.17, 15) is 4.39 Å². The molecular formula is C8H14FN. The summed E-state index contributed by atoms with van der Waals surface area (Å²) < 4.78 is 13.3. The van der Waals surface area contributed by atoms with Gasteiger partial charge in [0.05, 0.1) is 0 Å². The minimum atomic E-state index is -0.956. The summed E-state index contributed by atoms with van der Waals surface area (Å²) in [5.74, 6) is 0.959. The molecule has 0 aromatic rings. The second kappa shape index (κ2) is 1.73. The highest BCUT2D eigenvalue weighted by Crippen LogP contribution is 2.52. The van der Waals surface area contributed by atoms with E-state index in [0.717, 1.165) is 6.54 Å². The van der Waals surface area contributed by atoms with Crippen molar-refractivity contribution in [1.82, 2.24) is 5.32 Å². The monoisotopic (exact) mass is 143 g/mol. The number of halogens is 1. The fourth-order valence-electron chi connectivity index (χ4n) is 2.36. The zero-order valence-electron chi connectivity index (χ0n) is 6.52. The molecule has 1 aliphatic carbocycles. The van der Waals surface area contributed by atoms with Crippen molar-refractivity contribution in [1.29, 1.82) is 0 Å². The first kappa shape index (κ1) is 6.59. The summed E-state index contributed by atoms with van der Waals surface area (Å²) in [6, 6.07) is 0.514. The molecule has 0 amide bonds. The molecule has 0 radical (unpaired) electrons. The Morgan fingerprint density at radius 1 is 1.50 bits per heavy atom. The molecule has 2 fully saturated rings. The van der Waals surface area contributed by atoms with Gasteiger partial charge in [-0.05, 0) is 32.7 Å². The van der Waals surface area contributed by atoms with Crippen LogP contribution in [0, 0.1) is 11.8 Å². The van der Waals surface area contributed by atoms with E-state index in [1.165, 1.54) is 6.42 Å². The van der Waals surface area contributed by atoms with Gasteiger partial charge >= 0.3 is 0 Å². The Morgan fingerprint density at radius 2 is 2.20 bits per heavy atom. The van der Waals surface area contributed by atoms with Gasteiger partial charge in [0.15, 0.2) is 0 Å². The lowest BCUT2D eigenvalue weighted by molar-refractivity contribution is 0.164. The van der Waals surface area contributed by atoms with Crippen LogP contribution in [0.5, 0.6) is 0 Å². The van der Waals surface area contributed by atoms with Gasteiger partial charge in [-0.2, -0.15) is 0 Å². The Balaban J connectivity index is 2.01. The molecule has 0 aromatic heterocycles. The number of fused-ring (bicyclic) bond motifs is 1. The molecule has 1 aliphatic heterocycles. The second-order valence-electron chi connectivity index (χ2n) is 4.02. The molecular weight excluding hydrogens is 129 g/mol. The maximum atomic E-state index is 13.3. The Bertz CT molecular complexity index is 140. The van der Waals surface area contributed by atoms with Crippen molar-refractivity contribution >= 4 is 0 Å². The van der Waals surface area contributed by atoms with Crippen molar-refractivity contribution in [2.24, 2.45) is 11.8 Å². The molecule has 2 heteroatoms. The summed E-state index contributed by atoms with van der Waals surface area (Å²) in [6.45, 7) is 4.48. The molecule has 1 saturated carbocycles. The minimum absolute atomic E-state index is 0.307.